The quantitative estimate of drug-likeness (QED) is 0.297. The van der Waals surface area contributed by atoms with Gasteiger partial charge in [-0.05, 0) is 6.42 Å². The summed E-state index contributed by atoms with van der Waals surface area (Å²) in [5.74, 6) is -1.50. The van der Waals surface area contributed by atoms with E-state index in [1.165, 1.54) is 0 Å². The van der Waals surface area contributed by atoms with Crippen LogP contribution in [0.3, 0.4) is 0 Å². The van der Waals surface area contributed by atoms with Gasteiger partial charge in [-0.1, -0.05) is 26.2 Å². The molecule has 1 N–H and O–H groups in total. The fourth-order valence-corrected chi connectivity index (χ4v) is 1.11. The van der Waals surface area contributed by atoms with E-state index in [9.17, 15) is 9.59 Å². The first-order valence-corrected chi connectivity index (χ1v) is 5.58. The SMILES string of the molecule is CCCCCCOC(=O)/C(C#N)=C/C(=O)CO. The molecule has 0 amide bonds. The van der Waals surface area contributed by atoms with Gasteiger partial charge in [0.2, 0.25) is 0 Å². The smallest absolute Gasteiger partial charge is 0.349 e. The number of nitriles is 1. The lowest BCUT2D eigenvalue weighted by atomic mass is 10.2. The van der Waals surface area contributed by atoms with Gasteiger partial charge in [0, 0.05) is 6.08 Å². The van der Waals surface area contributed by atoms with Crippen LogP contribution in [-0.4, -0.2) is 30.1 Å². The summed E-state index contributed by atoms with van der Waals surface area (Å²) >= 11 is 0. The maximum atomic E-state index is 11.3. The minimum absolute atomic E-state index is 0.241. The van der Waals surface area contributed by atoms with E-state index in [1.807, 2.05) is 0 Å². The largest absolute Gasteiger partial charge is 0.462 e. The predicted octanol–water partition coefficient (Wildman–Crippen LogP) is 1.12. The zero-order valence-corrected chi connectivity index (χ0v) is 9.94. The predicted molar refractivity (Wildman–Crippen MR) is 60.9 cm³/mol. The van der Waals surface area contributed by atoms with Gasteiger partial charge in [0.1, 0.15) is 18.2 Å². The molecule has 0 rings (SSSR count). The molecule has 0 aliphatic carbocycles. The Morgan fingerprint density at radius 3 is 2.59 bits per heavy atom. The van der Waals surface area contributed by atoms with Crippen LogP contribution in [0.4, 0.5) is 0 Å². The minimum atomic E-state index is -0.814. The molecule has 0 bridgehead atoms. The topological polar surface area (TPSA) is 87.4 Å². The second-order valence-electron chi connectivity index (χ2n) is 3.49. The van der Waals surface area contributed by atoms with E-state index in [2.05, 4.69) is 6.92 Å². The highest BCUT2D eigenvalue weighted by molar-refractivity contribution is 6.02. The third-order valence-corrected chi connectivity index (χ3v) is 2.03. The molecule has 0 spiro atoms. The molecule has 0 aliphatic rings. The number of unbranched alkanes of at least 4 members (excludes halogenated alkanes) is 3. The number of ether oxygens (including phenoxy) is 1. The van der Waals surface area contributed by atoms with Crippen molar-refractivity contribution < 1.29 is 19.4 Å². The molecule has 0 aromatic heterocycles. The van der Waals surface area contributed by atoms with Gasteiger partial charge >= 0.3 is 5.97 Å². The number of carbonyl (C=O) groups is 2. The first-order valence-electron chi connectivity index (χ1n) is 5.58. The first-order chi connectivity index (χ1) is 8.15. The maximum Gasteiger partial charge on any atom is 0.349 e. The summed E-state index contributed by atoms with van der Waals surface area (Å²) < 4.78 is 4.82. The standard InChI is InChI=1S/C12H17NO4/c1-2-3-4-5-6-17-12(16)10(8-13)7-11(15)9-14/h7,14H,2-6,9H2,1H3/b10-7+. The van der Waals surface area contributed by atoms with Crippen LogP contribution in [0.5, 0.6) is 0 Å². The molecule has 0 unspecified atom stereocenters. The van der Waals surface area contributed by atoms with E-state index in [0.29, 0.717) is 0 Å². The number of esters is 1. The molecule has 5 heteroatoms. The number of aliphatic hydroxyl groups is 1. The molecule has 0 saturated heterocycles. The summed E-state index contributed by atoms with van der Waals surface area (Å²) in [6, 6.07) is 1.57. The Morgan fingerprint density at radius 2 is 2.06 bits per heavy atom. The number of ketones is 1. The molecule has 17 heavy (non-hydrogen) atoms. The van der Waals surface area contributed by atoms with Crippen molar-refractivity contribution in [3.8, 4) is 6.07 Å². The maximum absolute atomic E-state index is 11.3. The molecule has 0 fully saturated rings. The molecular weight excluding hydrogens is 222 g/mol. The molecule has 5 nitrogen and oxygen atoms in total. The number of hydrogen-bond donors (Lipinski definition) is 1. The second kappa shape index (κ2) is 9.55. The van der Waals surface area contributed by atoms with Gasteiger partial charge in [-0.15, -0.1) is 0 Å². The summed E-state index contributed by atoms with van der Waals surface area (Å²) in [6.45, 7) is 1.59. The summed E-state index contributed by atoms with van der Waals surface area (Å²) in [5, 5.41) is 17.1. The summed E-state index contributed by atoms with van der Waals surface area (Å²) in [6.07, 6.45) is 4.66. The number of aliphatic hydroxyl groups excluding tert-OH is 1. The molecule has 0 aromatic rings. The van der Waals surface area contributed by atoms with E-state index in [1.54, 1.807) is 6.07 Å². The van der Waals surface area contributed by atoms with Gasteiger partial charge in [-0.2, -0.15) is 5.26 Å². The van der Waals surface area contributed by atoms with E-state index < -0.39 is 18.4 Å². The van der Waals surface area contributed by atoms with Crippen LogP contribution in [-0.2, 0) is 14.3 Å². The first kappa shape index (κ1) is 15.3. The fraction of sp³-hybridized carbons (Fsp3) is 0.583. The van der Waals surface area contributed by atoms with Gasteiger partial charge in [0.15, 0.2) is 5.78 Å². The molecule has 0 atom stereocenters. The highest BCUT2D eigenvalue weighted by Gasteiger charge is 2.11. The zero-order chi connectivity index (χ0) is 13.1. The average Bonchev–Trinajstić information content (AvgIpc) is 2.34. The average molecular weight is 239 g/mol. The van der Waals surface area contributed by atoms with Crippen molar-refractivity contribution in [1.29, 1.82) is 5.26 Å². The Balaban J connectivity index is 4.07. The van der Waals surface area contributed by atoms with Crippen LogP contribution in [0.25, 0.3) is 0 Å². The minimum Gasteiger partial charge on any atom is -0.462 e. The van der Waals surface area contributed by atoms with Gasteiger partial charge in [0.25, 0.3) is 0 Å². The van der Waals surface area contributed by atoms with Crippen LogP contribution >= 0.6 is 0 Å². The Morgan fingerprint density at radius 1 is 1.35 bits per heavy atom. The van der Waals surface area contributed by atoms with Crippen LogP contribution in [0, 0.1) is 11.3 Å². The van der Waals surface area contributed by atoms with Gasteiger partial charge in [-0.25, -0.2) is 4.79 Å². The van der Waals surface area contributed by atoms with Crippen molar-refractivity contribution in [2.75, 3.05) is 13.2 Å². The van der Waals surface area contributed by atoms with Crippen molar-refractivity contribution in [1.82, 2.24) is 0 Å². The van der Waals surface area contributed by atoms with Crippen molar-refractivity contribution in [2.24, 2.45) is 0 Å². The monoisotopic (exact) mass is 239 g/mol. The lowest BCUT2D eigenvalue weighted by molar-refractivity contribution is -0.138. The van der Waals surface area contributed by atoms with E-state index in [0.717, 1.165) is 31.8 Å². The number of hydrogen-bond acceptors (Lipinski definition) is 5. The van der Waals surface area contributed by atoms with Gasteiger partial charge in [0.05, 0.1) is 6.61 Å². The molecule has 0 radical (unpaired) electrons. The van der Waals surface area contributed by atoms with Crippen molar-refractivity contribution >= 4 is 11.8 Å². The van der Waals surface area contributed by atoms with Crippen molar-refractivity contribution in [3.63, 3.8) is 0 Å². The van der Waals surface area contributed by atoms with Crippen molar-refractivity contribution in [3.05, 3.63) is 11.6 Å². The number of rotatable bonds is 8. The Bertz CT molecular complexity index is 328. The van der Waals surface area contributed by atoms with Crippen LogP contribution in [0.2, 0.25) is 0 Å². The molecule has 0 heterocycles. The Hall–Kier alpha value is -1.67. The summed E-state index contributed by atoms with van der Waals surface area (Å²) in [4.78, 5) is 22.1. The molecule has 0 saturated carbocycles. The second-order valence-corrected chi connectivity index (χ2v) is 3.49. The third kappa shape index (κ3) is 7.25. The third-order valence-electron chi connectivity index (χ3n) is 2.03. The Labute approximate surface area is 101 Å². The van der Waals surface area contributed by atoms with E-state index in [-0.39, 0.29) is 12.2 Å². The highest BCUT2D eigenvalue weighted by atomic mass is 16.5. The van der Waals surface area contributed by atoms with Crippen LogP contribution in [0.15, 0.2) is 11.6 Å². The number of nitrogens with zero attached hydrogens (tertiary/aromatic N) is 1. The fourth-order valence-electron chi connectivity index (χ4n) is 1.11. The van der Waals surface area contributed by atoms with Gasteiger partial charge in [-0.3, -0.25) is 4.79 Å². The van der Waals surface area contributed by atoms with Gasteiger partial charge < -0.3 is 9.84 Å². The lowest BCUT2D eigenvalue weighted by Crippen LogP contribution is -2.11. The Kier molecular flexibility index (Phi) is 8.61. The summed E-state index contributed by atoms with van der Waals surface area (Å²) in [5.41, 5.74) is -0.375. The lowest BCUT2D eigenvalue weighted by Gasteiger charge is -2.02. The molecule has 0 aromatic carbocycles. The van der Waals surface area contributed by atoms with Crippen LogP contribution in [0.1, 0.15) is 32.6 Å². The van der Waals surface area contributed by atoms with Crippen LogP contribution < -0.4 is 0 Å². The normalized spacial score (nSPS) is 10.8. The highest BCUT2D eigenvalue weighted by Crippen LogP contribution is 2.02. The van der Waals surface area contributed by atoms with Crippen molar-refractivity contribution in [2.45, 2.75) is 32.6 Å². The number of carbonyl (C=O) groups excluding carboxylic acids is 2. The summed E-state index contributed by atoms with van der Waals surface area (Å²) in [7, 11) is 0. The molecule has 94 valence electrons. The molecular formula is C12H17NO4. The zero-order valence-electron chi connectivity index (χ0n) is 9.94. The van der Waals surface area contributed by atoms with E-state index >= 15 is 0 Å². The molecule has 0 aliphatic heterocycles. The van der Waals surface area contributed by atoms with E-state index in [4.69, 9.17) is 15.1 Å².